The van der Waals surface area contributed by atoms with Crippen LogP contribution < -0.4 is 10.6 Å². The highest BCUT2D eigenvalue weighted by Gasteiger charge is 2.48. The zero-order chi connectivity index (χ0) is 28.9. The van der Waals surface area contributed by atoms with Crippen LogP contribution in [0.5, 0.6) is 0 Å². The van der Waals surface area contributed by atoms with Crippen molar-refractivity contribution in [1.29, 1.82) is 0 Å². The summed E-state index contributed by atoms with van der Waals surface area (Å²) in [5.41, 5.74) is 0. The first-order valence-electron chi connectivity index (χ1n) is 16.2. The third kappa shape index (κ3) is 15.3. The largest absolute Gasteiger partial charge is 0.388 e. The average Bonchev–Trinajstić information content (AvgIpc) is 2.93. The van der Waals surface area contributed by atoms with Crippen LogP contribution in [0, 0.1) is 0 Å². The van der Waals surface area contributed by atoms with Gasteiger partial charge in [-0.2, -0.15) is 0 Å². The number of aliphatic hydroxyl groups is 4. The van der Waals surface area contributed by atoms with Crippen molar-refractivity contribution in [2.24, 2.45) is 0 Å². The van der Waals surface area contributed by atoms with Crippen molar-refractivity contribution in [3.8, 4) is 0 Å². The molecule has 39 heavy (non-hydrogen) atoms. The summed E-state index contributed by atoms with van der Waals surface area (Å²) in [5.74, 6) is -1.60. The lowest BCUT2D eigenvalue weighted by atomic mass is 9.96. The number of hydrogen-bond donors (Lipinski definition) is 6. The molecule has 1 saturated heterocycles. The molecule has 0 amide bonds. The van der Waals surface area contributed by atoms with Gasteiger partial charge in [0.15, 0.2) is 0 Å². The van der Waals surface area contributed by atoms with Crippen molar-refractivity contribution in [3.05, 3.63) is 0 Å². The maximum absolute atomic E-state index is 13.1. The second-order valence-electron chi connectivity index (χ2n) is 11.7. The van der Waals surface area contributed by atoms with E-state index in [9.17, 15) is 25.2 Å². The molecule has 0 saturated carbocycles. The van der Waals surface area contributed by atoms with Gasteiger partial charge in [0, 0.05) is 12.5 Å². The second kappa shape index (κ2) is 22.0. The number of carbonyl (C=O) groups excluding carboxylic acids is 1. The first-order valence-corrected chi connectivity index (χ1v) is 16.2. The number of rotatable bonds is 25. The summed E-state index contributed by atoms with van der Waals surface area (Å²) >= 11 is 0. The molecule has 1 fully saturated rings. The van der Waals surface area contributed by atoms with Crippen LogP contribution in [0.4, 0.5) is 0 Å². The van der Waals surface area contributed by atoms with Crippen molar-refractivity contribution in [2.75, 3.05) is 19.7 Å². The number of aliphatic hydroxyl groups excluding tert-OH is 3. The molecule has 232 valence electrons. The van der Waals surface area contributed by atoms with Gasteiger partial charge >= 0.3 is 0 Å². The fourth-order valence-electron chi connectivity index (χ4n) is 5.36. The monoisotopic (exact) mass is 558 g/mol. The van der Waals surface area contributed by atoms with Crippen LogP contribution in [0.2, 0.25) is 0 Å². The van der Waals surface area contributed by atoms with Crippen LogP contribution in [-0.4, -0.2) is 82.1 Å². The van der Waals surface area contributed by atoms with Gasteiger partial charge in [0.2, 0.25) is 5.79 Å². The average molecular weight is 559 g/mol. The smallest absolute Gasteiger partial charge is 0.207 e. The van der Waals surface area contributed by atoms with E-state index in [4.69, 9.17) is 4.74 Å². The van der Waals surface area contributed by atoms with Crippen molar-refractivity contribution in [3.63, 3.8) is 0 Å². The van der Waals surface area contributed by atoms with E-state index in [1.54, 1.807) is 0 Å². The van der Waals surface area contributed by atoms with Crippen molar-refractivity contribution >= 4 is 5.78 Å². The molecule has 0 aromatic carbocycles. The fraction of sp³-hybridized carbons (Fsp3) is 0.968. The van der Waals surface area contributed by atoms with Crippen LogP contribution in [-0.2, 0) is 9.53 Å². The van der Waals surface area contributed by atoms with Crippen LogP contribution in [0.3, 0.4) is 0 Å². The summed E-state index contributed by atoms with van der Waals surface area (Å²) in [7, 11) is 0. The minimum Gasteiger partial charge on any atom is -0.388 e. The quantitative estimate of drug-likeness (QED) is 0.0912. The van der Waals surface area contributed by atoms with Gasteiger partial charge < -0.3 is 35.8 Å². The van der Waals surface area contributed by atoms with Gasteiger partial charge in [0.05, 0.1) is 19.2 Å². The molecule has 0 spiro atoms. The minimum absolute atomic E-state index is 0.0484. The number of Topliss-reactive ketones (excluding diaryl/α,β-unsaturated/α-hetero) is 1. The number of hydrogen-bond acceptors (Lipinski definition) is 8. The first kappa shape index (κ1) is 36.4. The topological polar surface area (TPSA) is 131 Å². The molecule has 4 unspecified atom stereocenters. The van der Waals surface area contributed by atoms with E-state index in [0.29, 0.717) is 24.8 Å². The summed E-state index contributed by atoms with van der Waals surface area (Å²) in [6.07, 6.45) is 15.7. The normalized spacial score (nSPS) is 24.4. The number of unbranched alkanes of at least 4 members (excludes halogenated alkanes) is 10. The fourth-order valence-corrected chi connectivity index (χ4v) is 5.36. The van der Waals surface area contributed by atoms with Crippen LogP contribution in [0.15, 0.2) is 0 Å². The van der Waals surface area contributed by atoms with Gasteiger partial charge in [0.25, 0.3) is 0 Å². The van der Waals surface area contributed by atoms with E-state index in [2.05, 4.69) is 31.4 Å². The van der Waals surface area contributed by atoms with Gasteiger partial charge in [-0.1, -0.05) is 97.8 Å². The summed E-state index contributed by atoms with van der Waals surface area (Å²) < 4.78 is 5.20. The van der Waals surface area contributed by atoms with E-state index in [0.717, 1.165) is 44.9 Å². The molecule has 0 bridgehead atoms. The molecule has 1 rings (SSSR count). The molecule has 0 radical (unpaired) electrons. The Morgan fingerprint density at radius 3 is 1.97 bits per heavy atom. The molecule has 1 aliphatic rings. The minimum atomic E-state index is -1.93. The Morgan fingerprint density at radius 1 is 0.821 bits per heavy atom. The molecule has 1 heterocycles. The lowest BCUT2D eigenvalue weighted by molar-refractivity contribution is -0.317. The summed E-state index contributed by atoms with van der Waals surface area (Å²) in [6.45, 7) is 6.92. The number of ketones is 1. The van der Waals surface area contributed by atoms with Crippen LogP contribution >= 0.6 is 0 Å². The zero-order valence-corrected chi connectivity index (χ0v) is 25.3. The highest BCUT2D eigenvalue weighted by molar-refractivity contribution is 5.83. The summed E-state index contributed by atoms with van der Waals surface area (Å²) in [6, 6.07) is 0.278. The molecule has 1 aliphatic heterocycles. The highest BCUT2D eigenvalue weighted by Crippen LogP contribution is 2.23. The molecular weight excluding hydrogens is 496 g/mol. The summed E-state index contributed by atoms with van der Waals surface area (Å²) in [4.78, 5) is 13.1. The molecule has 8 nitrogen and oxygen atoms in total. The Morgan fingerprint density at radius 2 is 1.38 bits per heavy atom. The Bertz CT molecular complexity index is 596. The lowest BCUT2D eigenvalue weighted by Gasteiger charge is -2.41. The number of nitrogens with one attached hydrogen (secondary N) is 2. The molecule has 0 aromatic rings. The molecule has 6 N–H and O–H groups in total. The predicted octanol–water partition coefficient (Wildman–Crippen LogP) is 4.35. The van der Waals surface area contributed by atoms with E-state index < -0.39 is 24.1 Å². The van der Waals surface area contributed by atoms with Gasteiger partial charge in [-0.3, -0.25) is 4.79 Å². The van der Waals surface area contributed by atoms with Crippen molar-refractivity contribution < 1.29 is 30.0 Å². The summed E-state index contributed by atoms with van der Waals surface area (Å²) in [5, 5.41) is 46.9. The Balaban J connectivity index is 2.56. The lowest BCUT2D eigenvalue weighted by Crippen LogP contribution is -2.64. The van der Waals surface area contributed by atoms with E-state index in [1.807, 2.05) is 0 Å². The van der Waals surface area contributed by atoms with Crippen LogP contribution in [0.25, 0.3) is 0 Å². The maximum atomic E-state index is 13.1. The predicted molar refractivity (Wildman–Crippen MR) is 158 cm³/mol. The Labute approximate surface area is 238 Å². The standard InChI is InChI=1S/C31H62N2O6/c1-4-7-10-12-14-18-25(19-15-13-11-8-5-2)33-26(27(34)21-9-6-3)20-16-17-22-32-24-31(38)30(37)29(36)28(35)23-39-31/h25-26,28-30,32-33,35-38H,4-24H2,1-3H3/t26-,28?,29?,30?,31?/m0/s1. The van der Waals surface area contributed by atoms with E-state index in [-0.39, 0.29) is 19.2 Å². The number of ether oxygens (including phenoxy) is 1. The molecule has 0 aliphatic carbocycles. The maximum Gasteiger partial charge on any atom is 0.207 e. The third-order valence-corrected chi connectivity index (χ3v) is 8.07. The highest BCUT2D eigenvalue weighted by atomic mass is 16.6. The Kier molecular flexibility index (Phi) is 20.6. The Hall–Kier alpha value is -0.610. The molecule has 5 atom stereocenters. The van der Waals surface area contributed by atoms with Crippen molar-refractivity contribution in [2.45, 2.75) is 173 Å². The van der Waals surface area contributed by atoms with Gasteiger partial charge in [0.1, 0.15) is 24.1 Å². The van der Waals surface area contributed by atoms with E-state index >= 15 is 0 Å². The third-order valence-electron chi connectivity index (χ3n) is 8.07. The SMILES string of the molecule is CCCCCCCC(CCCCCCC)N[C@@H](CCCCNCC1(O)OCC(O)C(O)C1O)C(=O)CCCC. The second-order valence-corrected chi connectivity index (χ2v) is 11.7. The number of carbonyl (C=O) groups is 1. The van der Waals surface area contributed by atoms with Gasteiger partial charge in [-0.15, -0.1) is 0 Å². The zero-order valence-electron chi connectivity index (χ0n) is 25.3. The van der Waals surface area contributed by atoms with Gasteiger partial charge in [-0.25, -0.2) is 0 Å². The van der Waals surface area contributed by atoms with Crippen LogP contribution in [0.1, 0.15) is 136 Å². The molecule has 0 aromatic heterocycles. The molecule has 8 heteroatoms. The molecular formula is C31H62N2O6. The van der Waals surface area contributed by atoms with Crippen molar-refractivity contribution in [1.82, 2.24) is 10.6 Å². The van der Waals surface area contributed by atoms with E-state index in [1.165, 1.54) is 64.2 Å². The van der Waals surface area contributed by atoms with Gasteiger partial charge in [-0.05, 0) is 38.6 Å². The first-order chi connectivity index (χ1) is 18.8.